The van der Waals surface area contributed by atoms with Crippen LogP contribution in [-0.4, -0.2) is 37.6 Å². The van der Waals surface area contributed by atoms with Crippen LogP contribution in [0.5, 0.6) is 11.5 Å². The Hall–Kier alpha value is -1.26. The normalized spacial score (nSPS) is 21.0. The van der Waals surface area contributed by atoms with Crippen LogP contribution >= 0.6 is 0 Å². The van der Waals surface area contributed by atoms with Crippen molar-refractivity contribution in [2.45, 2.75) is 50.7 Å². The molecule has 118 valence electrons. The van der Waals surface area contributed by atoms with Crippen molar-refractivity contribution in [3.8, 4) is 11.5 Å². The van der Waals surface area contributed by atoms with Crippen LogP contribution in [0.15, 0.2) is 18.2 Å². The van der Waals surface area contributed by atoms with Crippen molar-refractivity contribution in [1.82, 2.24) is 0 Å². The van der Waals surface area contributed by atoms with E-state index in [-0.39, 0.29) is 0 Å². The summed E-state index contributed by atoms with van der Waals surface area (Å²) in [4.78, 5) is 0. The highest BCUT2D eigenvalue weighted by atomic mass is 16.5. The van der Waals surface area contributed by atoms with Gasteiger partial charge in [-0.05, 0) is 50.3 Å². The summed E-state index contributed by atoms with van der Waals surface area (Å²) < 4.78 is 16.2. The number of hydrogen-bond acceptors (Lipinski definition) is 4. The van der Waals surface area contributed by atoms with E-state index in [0.717, 1.165) is 37.9 Å². The van der Waals surface area contributed by atoms with Crippen LogP contribution < -0.4 is 9.47 Å². The average Bonchev–Trinajstić information content (AvgIpc) is 2.98. The number of methoxy groups -OCH3 is 2. The smallest absolute Gasteiger partial charge is 0.160 e. The third-order valence-electron chi connectivity index (χ3n) is 4.06. The van der Waals surface area contributed by atoms with Crippen LogP contribution in [0, 0.1) is 0 Å². The highest BCUT2D eigenvalue weighted by Gasteiger charge is 2.25. The van der Waals surface area contributed by atoms with Crippen molar-refractivity contribution in [2.24, 2.45) is 0 Å². The lowest BCUT2D eigenvalue weighted by Gasteiger charge is -2.25. The summed E-state index contributed by atoms with van der Waals surface area (Å²) in [6.07, 6.45) is 4.84. The van der Waals surface area contributed by atoms with Gasteiger partial charge < -0.3 is 19.3 Å². The molecule has 1 aromatic rings. The van der Waals surface area contributed by atoms with Crippen molar-refractivity contribution in [1.29, 1.82) is 0 Å². The predicted molar refractivity (Wildman–Crippen MR) is 82.1 cm³/mol. The van der Waals surface area contributed by atoms with E-state index in [1.807, 2.05) is 25.1 Å². The number of aliphatic hydroxyl groups is 1. The Kier molecular flexibility index (Phi) is 5.48. The zero-order valence-electron chi connectivity index (χ0n) is 13.2. The van der Waals surface area contributed by atoms with Gasteiger partial charge in [-0.3, -0.25) is 0 Å². The molecular weight excluding hydrogens is 268 g/mol. The minimum atomic E-state index is -0.731. The zero-order chi connectivity index (χ0) is 15.3. The Morgan fingerprint density at radius 3 is 2.67 bits per heavy atom. The van der Waals surface area contributed by atoms with E-state index >= 15 is 0 Å². The molecule has 1 aromatic carbocycles. The van der Waals surface area contributed by atoms with Crippen LogP contribution in [0.3, 0.4) is 0 Å². The monoisotopic (exact) mass is 294 g/mol. The molecule has 1 saturated heterocycles. The molecule has 1 N–H and O–H groups in total. The lowest BCUT2D eigenvalue weighted by atomic mass is 9.90. The number of hydrogen-bond donors (Lipinski definition) is 1. The molecule has 0 aliphatic carbocycles. The highest BCUT2D eigenvalue weighted by molar-refractivity contribution is 5.43. The first kappa shape index (κ1) is 16.1. The first-order valence-corrected chi connectivity index (χ1v) is 7.59. The summed E-state index contributed by atoms with van der Waals surface area (Å²) in [5.74, 6) is 1.41. The van der Waals surface area contributed by atoms with E-state index in [4.69, 9.17) is 14.2 Å². The second-order valence-electron chi connectivity index (χ2n) is 6.04. The average molecular weight is 294 g/mol. The molecule has 21 heavy (non-hydrogen) atoms. The van der Waals surface area contributed by atoms with Gasteiger partial charge in [0, 0.05) is 13.0 Å². The molecule has 1 heterocycles. The molecule has 1 aliphatic rings. The summed E-state index contributed by atoms with van der Waals surface area (Å²) in [6, 6.07) is 5.78. The number of ether oxygens (including phenoxy) is 3. The molecule has 0 saturated carbocycles. The minimum Gasteiger partial charge on any atom is -0.493 e. The molecule has 0 radical (unpaired) electrons. The summed E-state index contributed by atoms with van der Waals surface area (Å²) in [5.41, 5.74) is 0.316. The fourth-order valence-electron chi connectivity index (χ4n) is 2.86. The fraction of sp³-hybridized carbons (Fsp3) is 0.647. The first-order valence-electron chi connectivity index (χ1n) is 7.59. The van der Waals surface area contributed by atoms with Crippen LogP contribution in [0.2, 0.25) is 0 Å². The Morgan fingerprint density at radius 2 is 2.05 bits per heavy atom. The second kappa shape index (κ2) is 7.14. The van der Waals surface area contributed by atoms with E-state index in [9.17, 15) is 5.11 Å². The van der Waals surface area contributed by atoms with Crippen molar-refractivity contribution >= 4 is 0 Å². The van der Waals surface area contributed by atoms with Crippen LogP contribution in [0.25, 0.3) is 0 Å². The summed E-state index contributed by atoms with van der Waals surface area (Å²) in [5, 5.41) is 10.6. The Labute approximate surface area is 127 Å². The van der Waals surface area contributed by atoms with E-state index in [0.29, 0.717) is 24.0 Å². The van der Waals surface area contributed by atoms with Crippen molar-refractivity contribution in [2.75, 3.05) is 20.8 Å². The molecular formula is C17H26O4. The maximum Gasteiger partial charge on any atom is 0.160 e. The second-order valence-corrected chi connectivity index (χ2v) is 6.04. The highest BCUT2D eigenvalue weighted by Crippen LogP contribution is 2.30. The molecule has 0 spiro atoms. The largest absolute Gasteiger partial charge is 0.493 e. The SMILES string of the molecule is COc1ccc(CC(C)(O)CCC2CCCO2)cc1OC. The van der Waals surface area contributed by atoms with Gasteiger partial charge in [0.25, 0.3) is 0 Å². The molecule has 2 unspecified atom stereocenters. The third kappa shape index (κ3) is 4.61. The Bertz CT molecular complexity index is 450. The molecule has 1 fully saturated rings. The topological polar surface area (TPSA) is 47.9 Å². The quantitative estimate of drug-likeness (QED) is 0.840. The van der Waals surface area contributed by atoms with Gasteiger partial charge in [-0.2, -0.15) is 0 Å². The zero-order valence-corrected chi connectivity index (χ0v) is 13.2. The lowest BCUT2D eigenvalue weighted by molar-refractivity contribution is 0.0254. The molecule has 2 atom stereocenters. The van der Waals surface area contributed by atoms with Gasteiger partial charge in [0.15, 0.2) is 11.5 Å². The van der Waals surface area contributed by atoms with Crippen LogP contribution in [0.4, 0.5) is 0 Å². The molecule has 0 bridgehead atoms. The van der Waals surface area contributed by atoms with Gasteiger partial charge >= 0.3 is 0 Å². The van der Waals surface area contributed by atoms with Gasteiger partial charge in [0.05, 0.1) is 25.9 Å². The molecule has 1 aliphatic heterocycles. The van der Waals surface area contributed by atoms with Crippen molar-refractivity contribution < 1.29 is 19.3 Å². The van der Waals surface area contributed by atoms with E-state index in [2.05, 4.69) is 0 Å². The van der Waals surface area contributed by atoms with E-state index in [1.54, 1.807) is 14.2 Å². The Balaban J connectivity index is 1.95. The number of rotatable bonds is 7. The van der Waals surface area contributed by atoms with Crippen molar-refractivity contribution in [3.63, 3.8) is 0 Å². The minimum absolute atomic E-state index is 0.321. The van der Waals surface area contributed by atoms with Gasteiger partial charge in [-0.15, -0.1) is 0 Å². The Morgan fingerprint density at radius 1 is 1.29 bits per heavy atom. The van der Waals surface area contributed by atoms with Gasteiger partial charge in [0.1, 0.15) is 0 Å². The van der Waals surface area contributed by atoms with Crippen LogP contribution in [-0.2, 0) is 11.2 Å². The standard InChI is InChI=1S/C17H26O4/c1-17(18,9-8-14-5-4-10-21-14)12-13-6-7-15(19-2)16(11-13)20-3/h6-7,11,14,18H,4-5,8-10,12H2,1-3H3. The fourth-order valence-corrected chi connectivity index (χ4v) is 2.86. The molecule has 0 aromatic heterocycles. The van der Waals surface area contributed by atoms with Gasteiger partial charge in [-0.1, -0.05) is 6.07 Å². The van der Waals surface area contributed by atoms with Gasteiger partial charge in [-0.25, -0.2) is 0 Å². The van der Waals surface area contributed by atoms with E-state index < -0.39 is 5.60 Å². The molecule has 4 nitrogen and oxygen atoms in total. The van der Waals surface area contributed by atoms with E-state index in [1.165, 1.54) is 0 Å². The number of benzene rings is 1. The molecule has 2 rings (SSSR count). The van der Waals surface area contributed by atoms with Gasteiger partial charge in [0.2, 0.25) is 0 Å². The lowest BCUT2D eigenvalue weighted by Crippen LogP contribution is -2.28. The molecule has 0 amide bonds. The maximum atomic E-state index is 10.6. The van der Waals surface area contributed by atoms with Crippen LogP contribution in [0.1, 0.15) is 38.2 Å². The maximum absolute atomic E-state index is 10.6. The summed E-state index contributed by atoms with van der Waals surface area (Å²) >= 11 is 0. The summed E-state index contributed by atoms with van der Waals surface area (Å²) in [6.45, 7) is 2.75. The summed E-state index contributed by atoms with van der Waals surface area (Å²) in [7, 11) is 3.24. The predicted octanol–water partition coefficient (Wildman–Crippen LogP) is 2.96. The van der Waals surface area contributed by atoms with Crippen molar-refractivity contribution in [3.05, 3.63) is 23.8 Å². The third-order valence-corrected chi connectivity index (χ3v) is 4.06. The molecule has 4 heteroatoms. The first-order chi connectivity index (χ1) is 10.0.